The molecule has 0 aromatic rings. The number of Topliss-reactive ketones (excluding diaryl/α,β-unsaturated/α-hetero) is 1. The SMILES string of the molecule is O=C1CCC(=O)N2CCCCC12. The molecule has 0 bridgehead atoms. The lowest BCUT2D eigenvalue weighted by Gasteiger charge is -2.37. The van der Waals surface area contributed by atoms with Gasteiger partial charge < -0.3 is 4.90 Å². The van der Waals surface area contributed by atoms with Gasteiger partial charge in [0.2, 0.25) is 5.91 Å². The molecular weight excluding hydrogens is 154 g/mol. The summed E-state index contributed by atoms with van der Waals surface area (Å²) < 4.78 is 0. The fourth-order valence-corrected chi connectivity index (χ4v) is 2.11. The number of carbonyl (C=O) groups excluding carboxylic acids is 2. The van der Waals surface area contributed by atoms with E-state index in [0.29, 0.717) is 12.8 Å². The predicted octanol–water partition coefficient (Wildman–Crippen LogP) is 0.730. The molecule has 0 N–H and O–H groups in total. The number of nitrogens with zero attached hydrogens (tertiary/aromatic N) is 1. The topological polar surface area (TPSA) is 37.4 Å². The van der Waals surface area contributed by atoms with Crippen LogP contribution in [0.4, 0.5) is 0 Å². The second-order valence-corrected chi connectivity index (χ2v) is 3.57. The summed E-state index contributed by atoms with van der Waals surface area (Å²) in [5.74, 6) is 0.452. The maximum absolute atomic E-state index is 11.4. The van der Waals surface area contributed by atoms with E-state index in [1.807, 2.05) is 0 Å². The molecule has 2 fully saturated rings. The van der Waals surface area contributed by atoms with Crippen LogP contribution in [0, 0.1) is 0 Å². The molecule has 2 aliphatic rings. The molecule has 2 aliphatic heterocycles. The Morgan fingerprint density at radius 3 is 2.75 bits per heavy atom. The molecule has 2 rings (SSSR count). The molecule has 0 aliphatic carbocycles. The van der Waals surface area contributed by atoms with Gasteiger partial charge in [-0.2, -0.15) is 0 Å². The molecule has 0 aromatic heterocycles. The maximum atomic E-state index is 11.4. The highest BCUT2D eigenvalue weighted by atomic mass is 16.2. The van der Waals surface area contributed by atoms with Crippen LogP contribution in [-0.2, 0) is 9.59 Å². The van der Waals surface area contributed by atoms with Crippen molar-refractivity contribution in [2.24, 2.45) is 0 Å². The van der Waals surface area contributed by atoms with Crippen LogP contribution in [0.5, 0.6) is 0 Å². The number of rotatable bonds is 0. The Hall–Kier alpha value is -0.860. The Bertz CT molecular complexity index is 201. The summed E-state index contributed by atoms with van der Waals surface area (Å²) in [6.07, 6.45) is 3.97. The van der Waals surface area contributed by atoms with E-state index in [2.05, 4.69) is 0 Å². The second-order valence-electron chi connectivity index (χ2n) is 3.57. The number of carbonyl (C=O) groups is 2. The zero-order chi connectivity index (χ0) is 8.55. The van der Waals surface area contributed by atoms with Gasteiger partial charge in [0, 0.05) is 19.4 Å². The Morgan fingerprint density at radius 1 is 1.17 bits per heavy atom. The van der Waals surface area contributed by atoms with E-state index in [4.69, 9.17) is 0 Å². The molecule has 1 atom stereocenters. The minimum atomic E-state index is -0.0556. The number of hydrogen-bond donors (Lipinski definition) is 0. The number of ketones is 1. The quantitative estimate of drug-likeness (QED) is 0.533. The minimum Gasteiger partial charge on any atom is -0.333 e. The fraction of sp³-hybridized carbons (Fsp3) is 0.778. The second kappa shape index (κ2) is 2.88. The standard InChI is InChI=1S/C9H13NO2/c11-8-4-5-9(12)10-6-2-1-3-7(8)10/h7H,1-6H2. The van der Waals surface area contributed by atoms with Gasteiger partial charge in [0.1, 0.15) is 0 Å². The van der Waals surface area contributed by atoms with Crippen molar-refractivity contribution < 1.29 is 9.59 Å². The summed E-state index contributed by atoms with van der Waals surface area (Å²) in [6, 6.07) is -0.0556. The van der Waals surface area contributed by atoms with Gasteiger partial charge in [-0.25, -0.2) is 0 Å². The number of hydrogen-bond acceptors (Lipinski definition) is 2. The summed E-state index contributed by atoms with van der Waals surface area (Å²) in [5, 5.41) is 0. The first kappa shape index (κ1) is 7.77. The molecule has 1 unspecified atom stereocenters. The van der Waals surface area contributed by atoms with Gasteiger partial charge in [-0.1, -0.05) is 0 Å². The number of piperidine rings is 2. The van der Waals surface area contributed by atoms with E-state index in [1.165, 1.54) is 0 Å². The highest BCUT2D eigenvalue weighted by Gasteiger charge is 2.35. The van der Waals surface area contributed by atoms with Crippen LogP contribution in [0.3, 0.4) is 0 Å². The lowest BCUT2D eigenvalue weighted by Crippen LogP contribution is -2.51. The molecule has 3 heteroatoms. The normalized spacial score (nSPS) is 30.3. The number of amides is 1. The molecule has 2 saturated heterocycles. The van der Waals surface area contributed by atoms with Crippen LogP contribution < -0.4 is 0 Å². The fourth-order valence-electron chi connectivity index (χ4n) is 2.11. The zero-order valence-corrected chi connectivity index (χ0v) is 7.08. The third-order valence-electron chi connectivity index (χ3n) is 2.78. The molecular formula is C9H13NO2. The van der Waals surface area contributed by atoms with Crippen molar-refractivity contribution in [2.75, 3.05) is 6.54 Å². The summed E-state index contributed by atoms with van der Waals surface area (Å²) >= 11 is 0. The summed E-state index contributed by atoms with van der Waals surface area (Å²) in [7, 11) is 0. The lowest BCUT2D eigenvalue weighted by molar-refractivity contribution is -0.146. The molecule has 3 nitrogen and oxygen atoms in total. The van der Waals surface area contributed by atoms with E-state index >= 15 is 0 Å². The van der Waals surface area contributed by atoms with Crippen LogP contribution in [0.25, 0.3) is 0 Å². The van der Waals surface area contributed by atoms with E-state index in [0.717, 1.165) is 25.8 Å². The van der Waals surface area contributed by atoms with Crippen molar-refractivity contribution in [1.82, 2.24) is 4.90 Å². The first-order valence-electron chi connectivity index (χ1n) is 4.61. The molecule has 66 valence electrons. The third-order valence-corrected chi connectivity index (χ3v) is 2.78. The van der Waals surface area contributed by atoms with Crippen LogP contribution in [0.2, 0.25) is 0 Å². The van der Waals surface area contributed by atoms with Crippen molar-refractivity contribution >= 4 is 11.7 Å². The largest absolute Gasteiger partial charge is 0.333 e. The van der Waals surface area contributed by atoms with Gasteiger partial charge in [0.15, 0.2) is 5.78 Å². The van der Waals surface area contributed by atoms with Gasteiger partial charge in [-0.05, 0) is 19.3 Å². The molecule has 0 aromatic carbocycles. The first-order valence-corrected chi connectivity index (χ1v) is 4.61. The highest BCUT2D eigenvalue weighted by Crippen LogP contribution is 2.24. The van der Waals surface area contributed by atoms with Crippen molar-refractivity contribution in [3.63, 3.8) is 0 Å². The Kier molecular flexibility index (Phi) is 1.87. The van der Waals surface area contributed by atoms with Gasteiger partial charge in [0.25, 0.3) is 0 Å². The first-order chi connectivity index (χ1) is 5.79. The molecule has 1 amide bonds. The molecule has 0 spiro atoms. The average Bonchev–Trinajstić information content (AvgIpc) is 2.12. The Morgan fingerprint density at radius 2 is 2.00 bits per heavy atom. The number of fused-ring (bicyclic) bond motifs is 1. The van der Waals surface area contributed by atoms with Crippen molar-refractivity contribution in [1.29, 1.82) is 0 Å². The zero-order valence-electron chi connectivity index (χ0n) is 7.08. The van der Waals surface area contributed by atoms with Crippen LogP contribution in [-0.4, -0.2) is 29.2 Å². The van der Waals surface area contributed by atoms with Crippen LogP contribution in [0.1, 0.15) is 32.1 Å². The van der Waals surface area contributed by atoms with Gasteiger partial charge in [0.05, 0.1) is 6.04 Å². The molecule has 2 heterocycles. The van der Waals surface area contributed by atoms with Gasteiger partial charge in [-0.15, -0.1) is 0 Å². The minimum absolute atomic E-state index is 0.0556. The average molecular weight is 167 g/mol. The van der Waals surface area contributed by atoms with Gasteiger partial charge in [-0.3, -0.25) is 9.59 Å². The molecule has 0 radical (unpaired) electrons. The van der Waals surface area contributed by atoms with E-state index in [9.17, 15) is 9.59 Å². The molecule has 0 saturated carbocycles. The lowest BCUT2D eigenvalue weighted by atomic mass is 9.92. The van der Waals surface area contributed by atoms with Crippen molar-refractivity contribution in [3.8, 4) is 0 Å². The Balaban J connectivity index is 2.16. The van der Waals surface area contributed by atoms with Crippen molar-refractivity contribution in [2.45, 2.75) is 38.1 Å². The van der Waals surface area contributed by atoms with Crippen LogP contribution >= 0.6 is 0 Å². The smallest absolute Gasteiger partial charge is 0.223 e. The summed E-state index contributed by atoms with van der Waals surface area (Å²) in [6.45, 7) is 0.801. The molecule has 12 heavy (non-hydrogen) atoms. The van der Waals surface area contributed by atoms with E-state index in [1.54, 1.807) is 4.90 Å². The monoisotopic (exact) mass is 167 g/mol. The Labute approximate surface area is 71.7 Å². The third kappa shape index (κ3) is 1.13. The van der Waals surface area contributed by atoms with E-state index < -0.39 is 0 Å². The maximum Gasteiger partial charge on any atom is 0.223 e. The summed E-state index contributed by atoms with van der Waals surface area (Å²) in [4.78, 5) is 24.5. The van der Waals surface area contributed by atoms with E-state index in [-0.39, 0.29) is 17.7 Å². The highest BCUT2D eigenvalue weighted by molar-refractivity contribution is 5.95. The summed E-state index contributed by atoms with van der Waals surface area (Å²) in [5.41, 5.74) is 0. The van der Waals surface area contributed by atoms with Crippen LogP contribution in [0.15, 0.2) is 0 Å². The van der Waals surface area contributed by atoms with Gasteiger partial charge >= 0.3 is 0 Å². The van der Waals surface area contributed by atoms with Crippen molar-refractivity contribution in [3.05, 3.63) is 0 Å². The predicted molar refractivity (Wildman–Crippen MR) is 43.6 cm³/mol.